The van der Waals surface area contributed by atoms with Crippen LogP contribution in [0.4, 0.5) is 0 Å². The second-order valence-electron chi connectivity index (χ2n) is 2.67. The number of rotatable bonds is 2. The van der Waals surface area contributed by atoms with Gasteiger partial charge in [-0.1, -0.05) is 31.2 Å². The number of hydrogen-bond acceptors (Lipinski definition) is 2. The third kappa shape index (κ3) is 1.78. The van der Waals surface area contributed by atoms with Gasteiger partial charge in [0.15, 0.2) is 0 Å². The minimum Gasteiger partial charge on any atom is -0.403 e. The summed E-state index contributed by atoms with van der Waals surface area (Å²) >= 11 is 0. The highest BCUT2D eigenvalue weighted by molar-refractivity contribution is 5.62. The molecule has 1 aromatic carbocycles. The van der Waals surface area contributed by atoms with E-state index in [1.54, 1.807) is 0 Å². The normalized spacial score (nSPS) is 11.6. The van der Waals surface area contributed by atoms with Gasteiger partial charge in [-0.3, -0.25) is 0 Å². The Bertz CT molecular complexity index is 272. The standard InChI is InChI=1S/C10H14N2/c1-2-8-3-5-9(6-4-8)10(12)7-11/h3-7H,2,11-12H2,1H3/b10-7-. The molecular weight excluding hydrogens is 148 g/mol. The van der Waals surface area contributed by atoms with Gasteiger partial charge in [0, 0.05) is 6.20 Å². The van der Waals surface area contributed by atoms with Crippen molar-refractivity contribution < 1.29 is 0 Å². The van der Waals surface area contributed by atoms with Crippen molar-refractivity contribution in [2.24, 2.45) is 11.5 Å². The smallest absolute Gasteiger partial charge is 0.0545 e. The maximum atomic E-state index is 5.62. The second kappa shape index (κ2) is 3.81. The molecule has 0 aliphatic rings. The molecule has 0 radical (unpaired) electrons. The van der Waals surface area contributed by atoms with Gasteiger partial charge in [0.05, 0.1) is 5.70 Å². The van der Waals surface area contributed by atoms with Gasteiger partial charge in [0.1, 0.15) is 0 Å². The van der Waals surface area contributed by atoms with Crippen molar-refractivity contribution in [2.45, 2.75) is 13.3 Å². The first-order chi connectivity index (χ1) is 5.77. The van der Waals surface area contributed by atoms with Crippen molar-refractivity contribution in [1.82, 2.24) is 0 Å². The van der Waals surface area contributed by atoms with Gasteiger partial charge in [-0.25, -0.2) is 0 Å². The molecule has 0 aliphatic heterocycles. The van der Waals surface area contributed by atoms with Crippen molar-refractivity contribution in [1.29, 1.82) is 0 Å². The predicted octanol–water partition coefficient (Wildman–Crippen LogP) is 1.46. The van der Waals surface area contributed by atoms with E-state index in [2.05, 4.69) is 19.1 Å². The Hall–Kier alpha value is -1.44. The fraction of sp³-hybridized carbons (Fsp3) is 0.200. The molecule has 64 valence electrons. The highest BCUT2D eigenvalue weighted by Gasteiger charge is 1.94. The third-order valence-corrected chi connectivity index (χ3v) is 1.88. The van der Waals surface area contributed by atoms with E-state index in [0.29, 0.717) is 5.70 Å². The largest absolute Gasteiger partial charge is 0.403 e. The highest BCUT2D eigenvalue weighted by Crippen LogP contribution is 2.09. The molecule has 1 aromatic rings. The Balaban J connectivity index is 2.92. The third-order valence-electron chi connectivity index (χ3n) is 1.88. The fourth-order valence-corrected chi connectivity index (χ4v) is 1.03. The summed E-state index contributed by atoms with van der Waals surface area (Å²) < 4.78 is 0. The van der Waals surface area contributed by atoms with E-state index in [-0.39, 0.29) is 0 Å². The highest BCUT2D eigenvalue weighted by atomic mass is 14.6. The summed E-state index contributed by atoms with van der Waals surface area (Å²) in [5.74, 6) is 0. The Morgan fingerprint density at radius 3 is 2.33 bits per heavy atom. The van der Waals surface area contributed by atoms with E-state index in [0.717, 1.165) is 12.0 Å². The van der Waals surface area contributed by atoms with E-state index in [9.17, 15) is 0 Å². The van der Waals surface area contributed by atoms with Crippen LogP contribution in [-0.4, -0.2) is 0 Å². The lowest BCUT2D eigenvalue weighted by Gasteiger charge is -2.01. The van der Waals surface area contributed by atoms with Crippen LogP contribution in [0.2, 0.25) is 0 Å². The predicted molar refractivity (Wildman–Crippen MR) is 52.2 cm³/mol. The molecule has 0 amide bonds. The molecule has 0 unspecified atom stereocenters. The number of hydrogen-bond donors (Lipinski definition) is 2. The van der Waals surface area contributed by atoms with Gasteiger partial charge in [-0.15, -0.1) is 0 Å². The SMILES string of the molecule is CCc1ccc(/C(N)=C/N)cc1. The summed E-state index contributed by atoms with van der Waals surface area (Å²) in [6.07, 6.45) is 2.47. The molecule has 2 nitrogen and oxygen atoms in total. The minimum atomic E-state index is 0.623. The average molecular weight is 162 g/mol. The van der Waals surface area contributed by atoms with Crippen molar-refractivity contribution in [3.8, 4) is 0 Å². The van der Waals surface area contributed by atoms with Gasteiger partial charge in [-0.05, 0) is 17.5 Å². The van der Waals surface area contributed by atoms with Crippen molar-refractivity contribution in [3.63, 3.8) is 0 Å². The van der Waals surface area contributed by atoms with Crippen LogP contribution in [0.25, 0.3) is 5.70 Å². The van der Waals surface area contributed by atoms with Crippen LogP contribution in [0.15, 0.2) is 30.5 Å². The Kier molecular flexibility index (Phi) is 2.75. The molecule has 0 saturated heterocycles. The van der Waals surface area contributed by atoms with E-state index in [1.807, 2.05) is 12.1 Å². The van der Waals surface area contributed by atoms with Crippen LogP contribution < -0.4 is 11.5 Å². The molecule has 0 bridgehead atoms. The monoisotopic (exact) mass is 162 g/mol. The summed E-state index contributed by atoms with van der Waals surface area (Å²) in [5.41, 5.74) is 13.8. The van der Waals surface area contributed by atoms with Crippen LogP contribution in [0.1, 0.15) is 18.1 Å². The molecule has 0 atom stereocenters. The molecular formula is C10H14N2. The van der Waals surface area contributed by atoms with Gasteiger partial charge in [0.2, 0.25) is 0 Å². The molecule has 1 rings (SSSR count). The van der Waals surface area contributed by atoms with Gasteiger partial charge in [-0.2, -0.15) is 0 Å². The maximum Gasteiger partial charge on any atom is 0.0545 e. The maximum absolute atomic E-state index is 5.62. The van der Waals surface area contributed by atoms with Crippen molar-refractivity contribution >= 4 is 5.70 Å². The Morgan fingerprint density at radius 1 is 1.33 bits per heavy atom. The molecule has 0 aliphatic carbocycles. The molecule has 4 N–H and O–H groups in total. The van der Waals surface area contributed by atoms with Crippen molar-refractivity contribution in [2.75, 3.05) is 0 Å². The molecule has 0 aromatic heterocycles. The van der Waals surface area contributed by atoms with E-state index in [1.165, 1.54) is 11.8 Å². The molecule has 0 saturated carbocycles. The van der Waals surface area contributed by atoms with Crippen LogP contribution in [0.5, 0.6) is 0 Å². The molecule has 0 fully saturated rings. The summed E-state index contributed by atoms with van der Waals surface area (Å²) in [4.78, 5) is 0. The molecule has 0 spiro atoms. The summed E-state index contributed by atoms with van der Waals surface area (Å²) in [5, 5.41) is 0. The first-order valence-corrected chi connectivity index (χ1v) is 4.04. The second-order valence-corrected chi connectivity index (χ2v) is 2.67. The van der Waals surface area contributed by atoms with Crippen LogP contribution >= 0.6 is 0 Å². The molecule has 12 heavy (non-hydrogen) atoms. The van der Waals surface area contributed by atoms with Crippen LogP contribution in [0.3, 0.4) is 0 Å². The lowest BCUT2D eigenvalue weighted by atomic mass is 10.1. The first kappa shape index (κ1) is 8.65. The number of nitrogens with two attached hydrogens (primary N) is 2. The Morgan fingerprint density at radius 2 is 1.92 bits per heavy atom. The zero-order chi connectivity index (χ0) is 8.97. The lowest BCUT2D eigenvalue weighted by Crippen LogP contribution is -1.99. The van der Waals surface area contributed by atoms with Crippen LogP contribution in [0, 0.1) is 0 Å². The average Bonchev–Trinajstić information content (AvgIpc) is 2.17. The zero-order valence-electron chi connectivity index (χ0n) is 7.25. The van der Waals surface area contributed by atoms with E-state index >= 15 is 0 Å². The molecule has 2 heteroatoms. The lowest BCUT2D eigenvalue weighted by molar-refractivity contribution is 1.14. The number of benzene rings is 1. The van der Waals surface area contributed by atoms with Gasteiger partial charge >= 0.3 is 0 Å². The fourth-order valence-electron chi connectivity index (χ4n) is 1.03. The van der Waals surface area contributed by atoms with Gasteiger partial charge in [0.25, 0.3) is 0 Å². The quantitative estimate of drug-likeness (QED) is 0.691. The summed E-state index contributed by atoms with van der Waals surface area (Å²) in [7, 11) is 0. The Labute approximate surface area is 72.9 Å². The van der Waals surface area contributed by atoms with Crippen molar-refractivity contribution in [3.05, 3.63) is 41.6 Å². The minimum absolute atomic E-state index is 0.623. The summed E-state index contributed by atoms with van der Waals surface area (Å²) in [6.45, 7) is 2.12. The van der Waals surface area contributed by atoms with E-state index in [4.69, 9.17) is 11.5 Å². The number of aryl methyl sites for hydroxylation is 1. The van der Waals surface area contributed by atoms with Crippen LogP contribution in [-0.2, 0) is 6.42 Å². The molecule has 0 heterocycles. The zero-order valence-corrected chi connectivity index (χ0v) is 7.25. The first-order valence-electron chi connectivity index (χ1n) is 4.04. The summed E-state index contributed by atoms with van der Waals surface area (Å²) in [6, 6.07) is 8.09. The van der Waals surface area contributed by atoms with E-state index < -0.39 is 0 Å². The van der Waals surface area contributed by atoms with Gasteiger partial charge < -0.3 is 11.5 Å². The topological polar surface area (TPSA) is 52.0 Å².